The number of carbonyl (C=O) groups excluding carboxylic acids is 1. The molecule has 26 heavy (non-hydrogen) atoms. The first-order valence-corrected chi connectivity index (χ1v) is 8.09. The second-order valence-corrected chi connectivity index (χ2v) is 5.57. The molecule has 0 fully saturated rings. The molecule has 0 bridgehead atoms. The van der Waals surface area contributed by atoms with E-state index in [1.54, 1.807) is 32.2 Å². The number of ether oxygens (including phenoxy) is 4. The van der Waals surface area contributed by atoms with Crippen molar-refractivity contribution in [2.45, 2.75) is 6.92 Å². The molecule has 1 N–H and O–H groups in total. The summed E-state index contributed by atoms with van der Waals surface area (Å²) in [6.07, 6.45) is 0. The lowest BCUT2D eigenvalue weighted by atomic mass is 10.1. The van der Waals surface area contributed by atoms with Crippen LogP contribution in [0.1, 0.15) is 22.8 Å². The highest BCUT2D eigenvalue weighted by Crippen LogP contribution is 2.31. The molecule has 1 amide bonds. The summed E-state index contributed by atoms with van der Waals surface area (Å²) in [5.74, 6) is 2.08. The molecule has 0 saturated heterocycles. The first kappa shape index (κ1) is 17.6. The van der Waals surface area contributed by atoms with Crippen molar-refractivity contribution in [3.63, 3.8) is 0 Å². The Labute approximate surface area is 151 Å². The monoisotopic (exact) mass is 356 g/mol. The van der Waals surface area contributed by atoms with Crippen LogP contribution in [0.3, 0.4) is 0 Å². The van der Waals surface area contributed by atoms with Gasteiger partial charge in [-0.1, -0.05) is 0 Å². The van der Waals surface area contributed by atoms with Crippen LogP contribution in [0, 0.1) is 0 Å². The third kappa shape index (κ3) is 3.72. The molecule has 2 aromatic rings. The van der Waals surface area contributed by atoms with Crippen LogP contribution in [0.4, 0.5) is 0 Å². The molecule has 136 valence electrons. The zero-order chi connectivity index (χ0) is 18.5. The summed E-state index contributed by atoms with van der Waals surface area (Å²) in [6.45, 7) is 2.86. The molecular weight excluding hydrogens is 336 g/mol. The van der Waals surface area contributed by atoms with Gasteiger partial charge >= 0.3 is 0 Å². The highest BCUT2D eigenvalue weighted by molar-refractivity contribution is 6.01. The van der Waals surface area contributed by atoms with Gasteiger partial charge in [0.15, 0.2) is 23.0 Å². The van der Waals surface area contributed by atoms with Crippen molar-refractivity contribution in [2.24, 2.45) is 5.10 Å². The van der Waals surface area contributed by atoms with Crippen molar-refractivity contribution >= 4 is 11.6 Å². The Morgan fingerprint density at radius 2 is 1.65 bits per heavy atom. The summed E-state index contributed by atoms with van der Waals surface area (Å²) in [5.41, 5.74) is 4.45. The average Bonchev–Trinajstić information content (AvgIpc) is 2.70. The van der Waals surface area contributed by atoms with Crippen molar-refractivity contribution < 1.29 is 23.7 Å². The number of carbonyl (C=O) groups is 1. The van der Waals surface area contributed by atoms with E-state index in [1.807, 2.05) is 18.2 Å². The van der Waals surface area contributed by atoms with Gasteiger partial charge in [0.05, 0.1) is 19.9 Å². The number of nitrogens with one attached hydrogen (secondary N) is 1. The first-order chi connectivity index (χ1) is 12.6. The van der Waals surface area contributed by atoms with Crippen molar-refractivity contribution in [1.29, 1.82) is 0 Å². The normalized spacial score (nSPS) is 13.1. The van der Waals surface area contributed by atoms with E-state index >= 15 is 0 Å². The predicted octanol–water partition coefficient (Wildman–Crippen LogP) is 2.63. The van der Waals surface area contributed by atoms with Gasteiger partial charge in [-0.2, -0.15) is 5.10 Å². The molecule has 0 aliphatic carbocycles. The van der Waals surface area contributed by atoms with Crippen LogP contribution in [0.15, 0.2) is 41.5 Å². The van der Waals surface area contributed by atoms with Gasteiger partial charge in [-0.05, 0) is 43.3 Å². The highest BCUT2D eigenvalue weighted by atomic mass is 16.6. The standard InChI is InChI=1S/C19H20N2O5/c1-12(13-4-7-16-18(10-13)26-9-8-25-16)20-21-19(22)14-5-6-15(23-2)17(11-14)24-3/h4-7,10-11H,8-9H2,1-3H3,(H,21,22)/b20-12-. The lowest BCUT2D eigenvalue weighted by molar-refractivity contribution is 0.0954. The second kappa shape index (κ2) is 7.77. The van der Waals surface area contributed by atoms with E-state index in [1.165, 1.54) is 7.11 Å². The highest BCUT2D eigenvalue weighted by Gasteiger charge is 2.13. The van der Waals surface area contributed by atoms with Crippen LogP contribution in [-0.4, -0.2) is 39.1 Å². The molecule has 3 rings (SSSR count). The smallest absolute Gasteiger partial charge is 0.271 e. The number of fused-ring (bicyclic) bond motifs is 1. The van der Waals surface area contributed by atoms with Crippen LogP contribution in [0.5, 0.6) is 23.0 Å². The van der Waals surface area contributed by atoms with E-state index in [0.717, 1.165) is 5.56 Å². The maximum atomic E-state index is 12.3. The van der Waals surface area contributed by atoms with E-state index in [2.05, 4.69) is 10.5 Å². The maximum absolute atomic E-state index is 12.3. The lowest BCUT2D eigenvalue weighted by Gasteiger charge is -2.18. The fourth-order valence-electron chi connectivity index (χ4n) is 2.51. The summed E-state index contributed by atoms with van der Waals surface area (Å²) in [4.78, 5) is 12.3. The number of methoxy groups -OCH3 is 2. The van der Waals surface area contributed by atoms with Crippen LogP contribution in [0.2, 0.25) is 0 Å². The lowest BCUT2D eigenvalue weighted by Crippen LogP contribution is -2.19. The number of nitrogens with zero attached hydrogens (tertiary/aromatic N) is 1. The van der Waals surface area contributed by atoms with Gasteiger partial charge in [-0.3, -0.25) is 4.79 Å². The predicted molar refractivity (Wildman–Crippen MR) is 96.7 cm³/mol. The fraction of sp³-hybridized carbons (Fsp3) is 0.263. The van der Waals surface area contributed by atoms with Crippen LogP contribution < -0.4 is 24.4 Å². The molecule has 1 aliphatic rings. The van der Waals surface area contributed by atoms with Gasteiger partial charge in [0.2, 0.25) is 0 Å². The SMILES string of the molecule is COc1ccc(C(=O)N/N=C(/C)c2ccc3c(c2)OCCO3)cc1OC. The van der Waals surface area contributed by atoms with Crippen LogP contribution in [-0.2, 0) is 0 Å². The average molecular weight is 356 g/mol. The minimum absolute atomic E-state index is 0.345. The Morgan fingerprint density at radius 1 is 0.962 bits per heavy atom. The Morgan fingerprint density at radius 3 is 2.38 bits per heavy atom. The number of hydrogen-bond donors (Lipinski definition) is 1. The Hall–Kier alpha value is -3.22. The van der Waals surface area contributed by atoms with Gasteiger partial charge in [0, 0.05) is 11.1 Å². The zero-order valence-electron chi connectivity index (χ0n) is 14.9. The second-order valence-electron chi connectivity index (χ2n) is 5.57. The molecule has 0 saturated carbocycles. The minimum atomic E-state index is -0.345. The maximum Gasteiger partial charge on any atom is 0.271 e. The Kier molecular flexibility index (Phi) is 5.26. The van der Waals surface area contributed by atoms with E-state index in [0.29, 0.717) is 47.5 Å². The van der Waals surface area contributed by atoms with E-state index in [9.17, 15) is 4.79 Å². The van der Waals surface area contributed by atoms with Crippen LogP contribution in [0.25, 0.3) is 0 Å². The van der Waals surface area contributed by atoms with Crippen LogP contribution >= 0.6 is 0 Å². The summed E-state index contributed by atoms with van der Waals surface area (Å²) >= 11 is 0. The summed E-state index contributed by atoms with van der Waals surface area (Å²) in [5, 5.41) is 4.17. The third-order valence-corrected chi connectivity index (χ3v) is 3.93. The van der Waals surface area contributed by atoms with Gasteiger partial charge in [-0.25, -0.2) is 5.43 Å². The molecule has 1 aliphatic heterocycles. The number of amides is 1. The zero-order valence-corrected chi connectivity index (χ0v) is 14.9. The summed E-state index contributed by atoms with van der Waals surface area (Å²) < 4.78 is 21.4. The first-order valence-electron chi connectivity index (χ1n) is 8.09. The summed E-state index contributed by atoms with van der Waals surface area (Å²) in [7, 11) is 3.06. The molecular formula is C19H20N2O5. The van der Waals surface area contributed by atoms with Crippen molar-refractivity contribution in [2.75, 3.05) is 27.4 Å². The number of hydrogen-bond acceptors (Lipinski definition) is 6. The molecule has 0 atom stereocenters. The molecule has 0 spiro atoms. The molecule has 0 aromatic heterocycles. The Balaban J connectivity index is 1.73. The molecule has 0 radical (unpaired) electrons. The van der Waals surface area contributed by atoms with Gasteiger partial charge in [0.25, 0.3) is 5.91 Å². The summed E-state index contributed by atoms with van der Waals surface area (Å²) in [6, 6.07) is 10.5. The third-order valence-electron chi connectivity index (χ3n) is 3.93. The largest absolute Gasteiger partial charge is 0.493 e. The van der Waals surface area contributed by atoms with Gasteiger partial charge in [-0.15, -0.1) is 0 Å². The quantitative estimate of drug-likeness (QED) is 0.658. The number of rotatable bonds is 5. The van der Waals surface area contributed by atoms with Crippen molar-refractivity contribution in [3.05, 3.63) is 47.5 Å². The fourth-order valence-corrected chi connectivity index (χ4v) is 2.51. The topological polar surface area (TPSA) is 78.4 Å². The minimum Gasteiger partial charge on any atom is -0.493 e. The van der Waals surface area contributed by atoms with Gasteiger partial charge in [0.1, 0.15) is 13.2 Å². The molecule has 7 nitrogen and oxygen atoms in total. The molecule has 1 heterocycles. The van der Waals surface area contributed by atoms with Crippen molar-refractivity contribution in [1.82, 2.24) is 5.43 Å². The van der Waals surface area contributed by atoms with E-state index < -0.39 is 0 Å². The number of hydrazone groups is 1. The van der Waals surface area contributed by atoms with E-state index in [4.69, 9.17) is 18.9 Å². The number of benzene rings is 2. The van der Waals surface area contributed by atoms with E-state index in [-0.39, 0.29) is 5.91 Å². The molecule has 0 unspecified atom stereocenters. The molecule has 2 aromatic carbocycles. The Bertz CT molecular complexity index is 848. The van der Waals surface area contributed by atoms with Crippen molar-refractivity contribution in [3.8, 4) is 23.0 Å². The van der Waals surface area contributed by atoms with Gasteiger partial charge < -0.3 is 18.9 Å². The molecule has 7 heteroatoms.